The van der Waals surface area contributed by atoms with Gasteiger partial charge in [0, 0.05) is 30.4 Å². The van der Waals surface area contributed by atoms with E-state index >= 15 is 0 Å². The molecule has 3 rings (SSSR count). The molecule has 2 fully saturated rings. The Morgan fingerprint density at radius 3 is 2.76 bits per heavy atom. The number of thioether (sulfide) groups is 1. The molecule has 138 valence electrons. The highest BCUT2D eigenvalue weighted by molar-refractivity contribution is 8.02. The van der Waals surface area contributed by atoms with E-state index in [4.69, 9.17) is 0 Å². The molecule has 1 aromatic rings. The monoisotopic (exact) mass is 382 g/mol. The molecule has 2 aliphatic heterocycles. The average molecular weight is 383 g/mol. The third kappa shape index (κ3) is 5.21. The van der Waals surface area contributed by atoms with Gasteiger partial charge in [0.2, 0.25) is 5.91 Å². The van der Waals surface area contributed by atoms with Gasteiger partial charge in [0.1, 0.15) is 0 Å². The zero-order valence-corrected chi connectivity index (χ0v) is 16.2. The average Bonchev–Trinajstić information content (AvgIpc) is 3.19. The number of hydrogen-bond donors (Lipinski definition) is 1. The Kier molecular flexibility index (Phi) is 6.07. The number of amides is 1. The molecule has 2 saturated heterocycles. The van der Waals surface area contributed by atoms with E-state index in [0.717, 1.165) is 19.5 Å². The molecule has 7 heteroatoms. The van der Waals surface area contributed by atoms with Gasteiger partial charge in [0.15, 0.2) is 9.84 Å². The number of likely N-dealkylation sites (tertiary alicyclic amines) is 1. The minimum atomic E-state index is -2.87. The van der Waals surface area contributed by atoms with Crippen LogP contribution in [-0.4, -0.2) is 60.9 Å². The maximum atomic E-state index is 12.2. The van der Waals surface area contributed by atoms with Crippen LogP contribution >= 0.6 is 11.8 Å². The number of sulfone groups is 1. The summed E-state index contributed by atoms with van der Waals surface area (Å²) in [7, 11) is -2.87. The molecular formula is C18H26N2O3S2. The van der Waals surface area contributed by atoms with E-state index in [1.807, 2.05) is 6.07 Å². The van der Waals surface area contributed by atoms with Crippen molar-refractivity contribution in [1.29, 1.82) is 0 Å². The van der Waals surface area contributed by atoms with Gasteiger partial charge >= 0.3 is 0 Å². The minimum absolute atomic E-state index is 0.0218. The lowest BCUT2D eigenvalue weighted by molar-refractivity contribution is -0.119. The molecule has 0 aromatic heterocycles. The Bertz CT molecular complexity index is 694. The number of carbonyl (C=O) groups excluding carboxylic acids is 1. The van der Waals surface area contributed by atoms with Crippen LogP contribution in [0, 0.1) is 0 Å². The van der Waals surface area contributed by atoms with Gasteiger partial charge in [-0.15, -0.1) is 11.8 Å². The van der Waals surface area contributed by atoms with Crippen LogP contribution < -0.4 is 5.32 Å². The normalized spacial score (nSPS) is 27.2. The minimum Gasteiger partial charge on any atom is -0.351 e. The van der Waals surface area contributed by atoms with Gasteiger partial charge in [0.05, 0.1) is 17.3 Å². The fourth-order valence-electron chi connectivity index (χ4n) is 3.55. The lowest BCUT2D eigenvalue weighted by Crippen LogP contribution is -2.38. The summed E-state index contributed by atoms with van der Waals surface area (Å²) in [5.74, 6) is 0.858. The molecule has 0 saturated carbocycles. The second kappa shape index (κ2) is 8.10. The van der Waals surface area contributed by atoms with Crippen LogP contribution in [0.25, 0.3) is 0 Å². The first-order valence-corrected chi connectivity index (χ1v) is 11.7. The van der Waals surface area contributed by atoms with Crippen molar-refractivity contribution < 1.29 is 13.2 Å². The van der Waals surface area contributed by atoms with Crippen LogP contribution in [-0.2, 0) is 14.6 Å². The summed E-state index contributed by atoms with van der Waals surface area (Å²) >= 11 is 1.48. The van der Waals surface area contributed by atoms with E-state index in [2.05, 4.69) is 41.4 Å². The number of nitrogens with one attached hydrogen (secondary N) is 1. The number of rotatable bonds is 6. The molecule has 25 heavy (non-hydrogen) atoms. The highest BCUT2D eigenvalue weighted by Gasteiger charge is 2.30. The molecule has 0 spiro atoms. The lowest BCUT2D eigenvalue weighted by Gasteiger charge is -2.24. The first kappa shape index (κ1) is 18.7. The van der Waals surface area contributed by atoms with E-state index in [1.165, 1.54) is 17.3 Å². The summed E-state index contributed by atoms with van der Waals surface area (Å²) in [5.41, 5.74) is 1.30. The third-order valence-corrected chi connectivity index (χ3v) is 8.34. The Morgan fingerprint density at radius 2 is 2.08 bits per heavy atom. The van der Waals surface area contributed by atoms with Crippen molar-refractivity contribution in [3.05, 3.63) is 35.9 Å². The Labute approximate surface area is 154 Å². The highest BCUT2D eigenvalue weighted by atomic mass is 32.2. The van der Waals surface area contributed by atoms with E-state index in [9.17, 15) is 13.2 Å². The molecule has 3 unspecified atom stereocenters. The summed E-state index contributed by atoms with van der Waals surface area (Å²) in [6.45, 7) is 4.05. The first-order valence-electron chi connectivity index (χ1n) is 8.83. The molecule has 1 aromatic carbocycles. The molecule has 2 heterocycles. The van der Waals surface area contributed by atoms with Gasteiger partial charge in [-0.2, -0.15) is 0 Å². The van der Waals surface area contributed by atoms with Crippen LogP contribution in [0.1, 0.15) is 31.4 Å². The predicted octanol–water partition coefficient (Wildman–Crippen LogP) is 1.86. The fraction of sp³-hybridized carbons (Fsp3) is 0.611. The van der Waals surface area contributed by atoms with Crippen molar-refractivity contribution in [2.24, 2.45) is 0 Å². The molecule has 0 aliphatic carbocycles. The van der Waals surface area contributed by atoms with Gasteiger partial charge in [-0.25, -0.2) is 8.42 Å². The van der Waals surface area contributed by atoms with Gasteiger partial charge in [-0.1, -0.05) is 30.3 Å². The van der Waals surface area contributed by atoms with Crippen LogP contribution in [0.15, 0.2) is 30.3 Å². The number of nitrogens with zero attached hydrogens (tertiary/aromatic N) is 1. The molecule has 1 N–H and O–H groups in total. The van der Waals surface area contributed by atoms with Crippen LogP contribution in [0.4, 0.5) is 0 Å². The maximum Gasteiger partial charge on any atom is 0.230 e. The highest BCUT2D eigenvalue weighted by Crippen LogP contribution is 2.26. The van der Waals surface area contributed by atoms with Crippen molar-refractivity contribution in [2.45, 2.75) is 37.1 Å². The predicted molar refractivity (Wildman–Crippen MR) is 102 cm³/mol. The third-order valence-electron chi connectivity index (χ3n) is 5.06. The second-order valence-electron chi connectivity index (χ2n) is 6.97. The molecule has 1 amide bonds. The Hall–Kier alpha value is -1.05. The van der Waals surface area contributed by atoms with E-state index in [0.29, 0.717) is 18.2 Å². The van der Waals surface area contributed by atoms with Gasteiger partial charge in [0.25, 0.3) is 0 Å². The Morgan fingerprint density at radius 1 is 1.32 bits per heavy atom. The molecular weight excluding hydrogens is 356 g/mol. The van der Waals surface area contributed by atoms with Crippen LogP contribution in [0.2, 0.25) is 0 Å². The molecule has 3 atom stereocenters. The standard InChI is InChI=1S/C18H26N2O3S2/c1-14(15-5-3-2-4-6-15)20-9-7-16(11-20)19-18(21)12-24-17-8-10-25(22,23)13-17/h2-6,14,16-17H,7-13H2,1H3,(H,19,21). The lowest BCUT2D eigenvalue weighted by atomic mass is 10.1. The van der Waals surface area contributed by atoms with Gasteiger partial charge in [-0.05, 0) is 25.3 Å². The van der Waals surface area contributed by atoms with Gasteiger partial charge < -0.3 is 5.32 Å². The van der Waals surface area contributed by atoms with E-state index < -0.39 is 9.84 Å². The van der Waals surface area contributed by atoms with Crippen molar-refractivity contribution >= 4 is 27.5 Å². The number of hydrogen-bond acceptors (Lipinski definition) is 5. The van der Waals surface area contributed by atoms with Crippen molar-refractivity contribution in [3.63, 3.8) is 0 Å². The zero-order valence-electron chi connectivity index (χ0n) is 14.6. The molecule has 5 nitrogen and oxygen atoms in total. The van der Waals surface area contributed by atoms with Crippen LogP contribution in [0.3, 0.4) is 0 Å². The quantitative estimate of drug-likeness (QED) is 0.813. The summed E-state index contributed by atoms with van der Waals surface area (Å²) in [6.07, 6.45) is 1.64. The summed E-state index contributed by atoms with van der Waals surface area (Å²) in [4.78, 5) is 14.6. The number of benzene rings is 1. The molecule has 0 radical (unpaired) electrons. The van der Waals surface area contributed by atoms with E-state index in [-0.39, 0.29) is 28.7 Å². The van der Waals surface area contributed by atoms with Gasteiger partial charge in [-0.3, -0.25) is 9.69 Å². The Balaban J connectivity index is 1.41. The summed E-state index contributed by atoms with van der Waals surface area (Å²) < 4.78 is 22.9. The smallest absolute Gasteiger partial charge is 0.230 e. The van der Waals surface area contributed by atoms with Crippen molar-refractivity contribution in [2.75, 3.05) is 30.3 Å². The molecule has 0 bridgehead atoms. The largest absolute Gasteiger partial charge is 0.351 e. The maximum absolute atomic E-state index is 12.2. The fourth-order valence-corrected chi connectivity index (χ4v) is 7.01. The van der Waals surface area contributed by atoms with Crippen molar-refractivity contribution in [1.82, 2.24) is 10.2 Å². The SMILES string of the molecule is CC(c1ccccc1)N1CCC(NC(=O)CSC2CCS(=O)(=O)C2)C1. The van der Waals surface area contributed by atoms with Crippen molar-refractivity contribution in [3.8, 4) is 0 Å². The second-order valence-corrected chi connectivity index (χ2v) is 10.5. The number of carbonyl (C=O) groups is 1. The first-order chi connectivity index (χ1) is 11.9. The zero-order chi connectivity index (χ0) is 17.9. The topological polar surface area (TPSA) is 66.5 Å². The van der Waals surface area contributed by atoms with E-state index in [1.54, 1.807) is 0 Å². The van der Waals surface area contributed by atoms with Crippen LogP contribution in [0.5, 0.6) is 0 Å². The summed E-state index contributed by atoms with van der Waals surface area (Å²) in [5, 5.41) is 3.19. The summed E-state index contributed by atoms with van der Waals surface area (Å²) in [6, 6.07) is 11.0. The molecule has 2 aliphatic rings.